The van der Waals surface area contributed by atoms with E-state index in [9.17, 15) is 0 Å². The van der Waals surface area contributed by atoms with Crippen molar-refractivity contribution < 1.29 is 0 Å². The van der Waals surface area contributed by atoms with Crippen LogP contribution in [0.25, 0.3) is 0 Å². The van der Waals surface area contributed by atoms with E-state index in [0.29, 0.717) is 0 Å². The maximum atomic E-state index is 5.91. The normalized spacial score (nSPS) is 12.3. The van der Waals surface area contributed by atoms with Gasteiger partial charge in [0.15, 0.2) is 0 Å². The van der Waals surface area contributed by atoms with Crippen LogP contribution < -0.4 is 10.6 Å². The van der Waals surface area contributed by atoms with Gasteiger partial charge in [0.25, 0.3) is 0 Å². The summed E-state index contributed by atoms with van der Waals surface area (Å²) >= 11 is 0. The number of rotatable bonds is 4. The molecule has 0 fully saturated rings. The van der Waals surface area contributed by atoms with Gasteiger partial charge >= 0.3 is 0 Å². The van der Waals surface area contributed by atoms with E-state index in [4.69, 9.17) is 5.73 Å². The lowest BCUT2D eigenvalue weighted by Crippen LogP contribution is -2.18. The van der Waals surface area contributed by atoms with Gasteiger partial charge in [0.1, 0.15) is 0 Å². The highest BCUT2D eigenvalue weighted by molar-refractivity contribution is 5.67. The minimum atomic E-state index is 0.201. The van der Waals surface area contributed by atoms with Crippen LogP contribution in [0.1, 0.15) is 29.2 Å². The van der Waals surface area contributed by atoms with Crippen LogP contribution in [0.4, 0.5) is 11.4 Å². The molecule has 2 nitrogen and oxygen atoms in total. The molecule has 2 rings (SSSR count). The third-order valence-corrected chi connectivity index (χ3v) is 3.97. The molecule has 0 heterocycles. The molecule has 2 heteroatoms. The van der Waals surface area contributed by atoms with Crippen molar-refractivity contribution in [1.29, 1.82) is 0 Å². The van der Waals surface area contributed by atoms with E-state index in [1.807, 2.05) is 0 Å². The van der Waals surface area contributed by atoms with Crippen molar-refractivity contribution >= 4 is 11.4 Å². The van der Waals surface area contributed by atoms with Crippen LogP contribution in [-0.4, -0.2) is 13.1 Å². The van der Waals surface area contributed by atoms with Crippen LogP contribution in [0.5, 0.6) is 0 Å². The van der Waals surface area contributed by atoms with Crippen molar-refractivity contribution in [1.82, 2.24) is 0 Å². The molecular formula is C19H26N2. The van der Waals surface area contributed by atoms with Crippen LogP contribution >= 0.6 is 0 Å². The Labute approximate surface area is 128 Å². The SMILES string of the molecule is Cc1ccc(N(C)c2ccc(CC(C)N)c(C)c2)c(C)c1. The molecule has 21 heavy (non-hydrogen) atoms. The van der Waals surface area contributed by atoms with Gasteiger partial charge in [-0.25, -0.2) is 0 Å². The summed E-state index contributed by atoms with van der Waals surface area (Å²) in [6.07, 6.45) is 0.930. The van der Waals surface area contributed by atoms with Gasteiger partial charge in [-0.3, -0.25) is 0 Å². The molecule has 2 aromatic carbocycles. The largest absolute Gasteiger partial charge is 0.344 e. The molecule has 2 N–H and O–H groups in total. The van der Waals surface area contributed by atoms with Crippen molar-refractivity contribution in [2.75, 3.05) is 11.9 Å². The highest BCUT2D eigenvalue weighted by Gasteiger charge is 2.09. The zero-order chi connectivity index (χ0) is 15.6. The molecule has 0 saturated heterocycles. The molecule has 0 spiro atoms. The molecule has 0 aliphatic heterocycles. The van der Waals surface area contributed by atoms with E-state index in [2.05, 4.69) is 76.0 Å². The third kappa shape index (κ3) is 3.64. The molecule has 112 valence electrons. The van der Waals surface area contributed by atoms with E-state index in [-0.39, 0.29) is 6.04 Å². The van der Waals surface area contributed by atoms with E-state index in [0.717, 1.165) is 6.42 Å². The second-order valence-corrected chi connectivity index (χ2v) is 6.14. The number of anilines is 2. The van der Waals surface area contributed by atoms with Gasteiger partial charge in [-0.15, -0.1) is 0 Å². The fourth-order valence-electron chi connectivity index (χ4n) is 2.79. The lowest BCUT2D eigenvalue weighted by atomic mass is 10.0. The van der Waals surface area contributed by atoms with E-state index >= 15 is 0 Å². The standard InChI is InChI=1S/C19H26N2/c1-13-6-9-19(15(3)10-13)21(5)18-8-7-17(12-16(4)20)14(2)11-18/h6-11,16H,12,20H2,1-5H3. The number of hydrogen-bond donors (Lipinski definition) is 1. The van der Waals surface area contributed by atoms with E-state index in [1.54, 1.807) is 0 Å². The predicted octanol–water partition coefficient (Wildman–Crippen LogP) is 4.27. The topological polar surface area (TPSA) is 29.3 Å². The van der Waals surface area contributed by atoms with Gasteiger partial charge in [-0.1, -0.05) is 23.8 Å². The quantitative estimate of drug-likeness (QED) is 0.907. The lowest BCUT2D eigenvalue weighted by molar-refractivity contribution is 0.735. The minimum Gasteiger partial charge on any atom is -0.344 e. The summed E-state index contributed by atoms with van der Waals surface area (Å²) in [7, 11) is 2.12. The van der Waals surface area contributed by atoms with Crippen molar-refractivity contribution in [3.63, 3.8) is 0 Å². The summed E-state index contributed by atoms with van der Waals surface area (Å²) in [5.41, 5.74) is 13.6. The summed E-state index contributed by atoms with van der Waals surface area (Å²) < 4.78 is 0. The van der Waals surface area contributed by atoms with Crippen LogP contribution in [0.15, 0.2) is 36.4 Å². The Morgan fingerprint density at radius 3 is 2.29 bits per heavy atom. The average Bonchev–Trinajstić information content (AvgIpc) is 2.40. The Kier molecular flexibility index (Phi) is 4.69. The molecule has 1 unspecified atom stereocenters. The van der Waals surface area contributed by atoms with Crippen molar-refractivity contribution in [3.8, 4) is 0 Å². The van der Waals surface area contributed by atoms with E-state index in [1.165, 1.54) is 33.6 Å². The first-order valence-electron chi connectivity index (χ1n) is 7.54. The maximum absolute atomic E-state index is 5.91. The number of nitrogens with zero attached hydrogens (tertiary/aromatic N) is 1. The molecule has 0 amide bonds. The molecule has 0 bridgehead atoms. The zero-order valence-electron chi connectivity index (χ0n) is 13.8. The highest BCUT2D eigenvalue weighted by Crippen LogP contribution is 2.29. The van der Waals surface area contributed by atoms with Gasteiger partial charge < -0.3 is 10.6 Å². The fourth-order valence-corrected chi connectivity index (χ4v) is 2.79. The molecule has 0 radical (unpaired) electrons. The number of aryl methyl sites for hydroxylation is 3. The highest BCUT2D eigenvalue weighted by atomic mass is 15.1. The fraction of sp³-hybridized carbons (Fsp3) is 0.368. The second-order valence-electron chi connectivity index (χ2n) is 6.14. The molecule has 0 saturated carbocycles. The average molecular weight is 282 g/mol. The second kappa shape index (κ2) is 6.31. The Balaban J connectivity index is 2.31. The number of benzene rings is 2. The van der Waals surface area contributed by atoms with Gasteiger partial charge in [0.05, 0.1) is 0 Å². The Morgan fingerprint density at radius 2 is 1.71 bits per heavy atom. The summed E-state index contributed by atoms with van der Waals surface area (Å²) in [5.74, 6) is 0. The maximum Gasteiger partial charge on any atom is 0.0437 e. The van der Waals surface area contributed by atoms with Crippen LogP contribution in [0.3, 0.4) is 0 Å². The Hall–Kier alpha value is -1.80. The van der Waals surface area contributed by atoms with Crippen LogP contribution in [0.2, 0.25) is 0 Å². The minimum absolute atomic E-state index is 0.201. The third-order valence-electron chi connectivity index (χ3n) is 3.97. The molecule has 1 atom stereocenters. The molecule has 0 aliphatic carbocycles. The van der Waals surface area contributed by atoms with Crippen LogP contribution in [0, 0.1) is 20.8 Å². The predicted molar refractivity (Wildman–Crippen MR) is 92.5 cm³/mol. The molecule has 0 aromatic heterocycles. The van der Waals surface area contributed by atoms with Gasteiger partial charge in [0.2, 0.25) is 0 Å². The summed E-state index contributed by atoms with van der Waals surface area (Å²) in [6, 6.07) is 13.4. The zero-order valence-corrected chi connectivity index (χ0v) is 13.8. The summed E-state index contributed by atoms with van der Waals surface area (Å²) in [5, 5.41) is 0. The first kappa shape index (κ1) is 15.6. The molecule has 0 aliphatic rings. The number of hydrogen-bond acceptors (Lipinski definition) is 2. The van der Waals surface area contributed by atoms with Crippen molar-refractivity contribution in [3.05, 3.63) is 58.7 Å². The molecule has 2 aromatic rings. The van der Waals surface area contributed by atoms with Crippen molar-refractivity contribution in [2.45, 2.75) is 40.2 Å². The van der Waals surface area contributed by atoms with Gasteiger partial charge in [-0.05, 0) is 69.0 Å². The van der Waals surface area contributed by atoms with Crippen molar-refractivity contribution in [2.24, 2.45) is 5.73 Å². The Morgan fingerprint density at radius 1 is 1.00 bits per heavy atom. The molecular weight excluding hydrogens is 256 g/mol. The van der Waals surface area contributed by atoms with Crippen LogP contribution in [-0.2, 0) is 6.42 Å². The van der Waals surface area contributed by atoms with Gasteiger partial charge in [-0.2, -0.15) is 0 Å². The van der Waals surface area contributed by atoms with E-state index < -0.39 is 0 Å². The first-order valence-corrected chi connectivity index (χ1v) is 7.54. The lowest BCUT2D eigenvalue weighted by Gasteiger charge is -2.23. The van der Waals surface area contributed by atoms with Gasteiger partial charge in [0, 0.05) is 24.5 Å². The summed E-state index contributed by atoms with van der Waals surface area (Å²) in [4.78, 5) is 2.25. The summed E-state index contributed by atoms with van der Waals surface area (Å²) in [6.45, 7) is 8.51. The number of nitrogens with two attached hydrogens (primary N) is 1. The first-order chi connectivity index (χ1) is 9.88. The smallest absolute Gasteiger partial charge is 0.0437 e. The Bertz CT molecular complexity index is 629. The monoisotopic (exact) mass is 282 g/mol.